The van der Waals surface area contributed by atoms with Gasteiger partial charge in [-0.15, -0.1) is 0 Å². The van der Waals surface area contributed by atoms with Crippen molar-refractivity contribution in [3.05, 3.63) is 40.4 Å². The second kappa shape index (κ2) is 5.50. The Morgan fingerprint density at radius 1 is 1.47 bits per heavy atom. The third-order valence-electron chi connectivity index (χ3n) is 2.81. The van der Waals surface area contributed by atoms with E-state index in [1.807, 2.05) is 18.2 Å². The summed E-state index contributed by atoms with van der Waals surface area (Å²) in [7, 11) is 0. The van der Waals surface area contributed by atoms with Crippen molar-refractivity contribution < 1.29 is 9.53 Å². The first-order valence-corrected chi connectivity index (χ1v) is 6.60. The van der Waals surface area contributed by atoms with Gasteiger partial charge in [-0.2, -0.15) is 0 Å². The Bertz CT molecular complexity index is 452. The lowest BCUT2D eigenvalue weighted by atomic mass is 10.0. The molecule has 0 saturated carbocycles. The molecule has 0 bridgehead atoms. The van der Waals surface area contributed by atoms with Crippen LogP contribution in [0.1, 0.15) is 36.5 Å². The van der Waals surface area contributed by atoms with Crippen molar-refractivity contribution in [1.82, 2.24) is 0 Å². The van der Waals surface area contributed by atoms with Crippen molar-refractivity contribution in [2.24, 2.45) is 0 Å². The maximum absolute atomic E-state index is 11.5. The molecular weight excluding hydrogens is 280 g/mol. The van der Waals surface area contributed by atoms with Gasteiger partial charge in [0.15, 0.2) is 5.78 Å². The zero-order valence-corrected chi connectivity index (χ0v) is 11.4. The summed E-state index contributed by atoms with van der Waals surface area (Å²) in [5, 5.41) is 0. The number of ketones is 1. The standard InChI is InChI=1S/C14H15BrO2/c1-10(16)13-9-11(15)7-8-14(13)17-12-5-3-2-4-6-12/h3,5,7-9,12H,2,4,6H2,1H3. The highest BCUT2D eigenvalue weighted by Crippen LogP contribution is 2.26. The van der Waals surface area contributed by atoms with Crippen LogP contribution in [0.2, 0.25) is 0 Å². The molecule has 1 unspecified atom stereocenters. The molecule has 90 valence electrons. The fourth-order valence-corrected chi connectivity index (χ4v) is 2.28. The Hall–Kier alpha value is -1.09. The van der Waals surface area contributed by atoms with Gasteiger partial charge in [0, 0.05) is 4.47 Å². The molecule has 1 aliphatic rings. The molecule has 0 saturated heterocycles. The second-order valence-corrected chi connectivity index (χ2v) is 5.13. The SMILES string of the molecule is CC(=O)c1cc(Br)ccc1OC1C=CCCC1. The van der Waals surface area contributed by atoms with Crippen molar-refractivity contribution in [2.75, 3.05) is 0 Å². The van der Waals surface area contributed by atoms with Gasteiger partial charge in [-0.1, -0.05) is 22.0 Å². The summed E-state index contributed by atoms with van der Waals surface area (Å²) >= 11 is 3.37. The Balaban J connectivity index is 2.22. The van der Waals surface area contributed by atoms with Crippen LogP contribution in [0.5, 0.6) is 5.75 Å². The van der Waals surface area contributed by atoms with E-state index in [9.17, 15) is 4.79 Å². The minimum absolute atomic E-state index is 0.0288. The van der Waals surface area contributed by atoms with E-state index < -0.39 is 0 Å². The van der Waals surface area contributed by atoms with Gasteiger partial charge >= 0.3 is 0 Å². The van der Waals surface area contributed by atoms with Gasteiger partial charge in [0.25, 0.3) is 0 Å². The summed E-state index contributed by atoms with van der Waals surface area (Å²) in [5.41, 5.74) is 0.637. The monoisotopic (exact) mass is 294 g/mol. The Morgan fingerprint density at radius 2 is 2.29 bits per heavy atom. The molecule has 0 N–H and O–H groups in total. The van der Waals surface area contributed by atoms with Crippen LogP contribution in [0, 0.1) is 0 Å². The number of hydrogen-bond acceptors (Lipinski definition) is 2. The number of rotatable bonds is 3. The molecule has 1 aromatic rings. The maximum Gasteiger partial charge on any atom is 0.163 e. The van der Waals surface area contributed by atoms with Gasteiger partial charge < -0.3 is 4.74 Å². The predicted octanol–water partition coefficient (Wildman–Crippen LogP) is 4.14. The average Bonchev–Trinajstić information content (AvgIpc) is 2.32. The summed E-state index contributed by atoms with van der Waals surface area (Å²) in [6, 6.07) is 5.56. The van der Waals surface area contributed by atoms with Gasteiger partial charge in [0.2, 0.25) is 0 Å². The lowest BCUT2D eigenvalue weighted by Gasteiger charge is -2.20. The third kappa shape index (κ3) is 3.19. The molecular formula is C14H15BrO2. The zero-order valence-electron chi connectivity index (χ0n) is 9.78. The van der Waals surface area contributed by atoms with Crippen LogP contribution in [0.4, 0.5) is 0 Å². The molecule has 0 fully saturated rings. The van der Waals surface area contributed by atoms with Gasteiger partial charge in [-0.3, -0.25) is 4.79 Å². The predicted molar refractivity (Wildman–Crippen MR) is 71.6 cm³/mol. The number of Topliss-reactive ketones (excluding diaryl/α,β-unsaturated/α-hetero) is 1. The summed E-state index contributed by atoms with van der Waals surface area (Å²) in [6.45, 7) is 1.56. The first kappa shape index (κ1) is 12.4. The summed E-state index contributed by atoms with van der Waals surface area (Å²) in [6.07, 6.45) is 7.61. The molecule has 17 heavy (non-hydrogen) atoms. The lowest BCUT2D eigenvalue weighted by Crippen LogP contribution is -2.17. The van der Waals surface area contributed by atoms with Crippen LogP contribution in [0.25, 0.3) is 0 Å². The van der Waals surface area contributed by atoms with Crippen LogP contribution in [-0.2, 0) is 0 Å². The molecule has 1 atom stereocenters. The number of ether oxygens (including phenoxy) is 1. The molecule has 3 heteroatoms. The number of carbonyl (C=O) groups is 1. The van der Waals surface area contributed by atoms with Crippen LogP contribution in [-0.4, -0.2) is 11.9 Å². The normalized spacial score (nSPS) is 19.1. The minimum atomic E-state index is 0.0288. The zero-order chi connectivity index (χ0) is 12.3. The Kier molecular flexibility index (Phi) is 4.00. The highest BCUT2D eigenvalue weighted by Gasteiger charge is 2.14. The molecule has 1 aromatic carbocycles. The van der Waals surface area contributed by atoms with E-state index in [0.717, 1.165) is 23.7 Å². The second-order valence-electron chi connectivity index (χ2n) is 4.21. The van der Waals surface area contributed by atoms with Gasteiger partial charge in [-0.05, 0) is 50.5 Å². The summed E-state index contributed by atoms with van der Waals surface area (Å²) in [5.74, 6) is 0.707. The third-order valence-corrected chi connectivity index (χ3v) is 3.30. The van der Waals surface area contributed by atoms with E-state index in [1.54, 1.807) is 6.92 Å². The Labute approximate surface area is 110 Å². The van der Waals surface area contributed by atoms with Crippen molar-refractivity contribution >= 4 is 21.7 Å². The molecule has 0 aliphatic heterocycles. The first-order chi connectivity index (χ1) is 8.16. The van der Waals surface area contributed by atoms with Crippen molar-refractivity contribution in [2.45, 2.75) is 32.3 Å². The quantitative estimate of drug-likeness (QED) is 0.619. The molecule has 2 rings (SSSR count). The highest BCUT2D eigenvalue weighted by atomic mass is 79.9. The highest BCUT2D eigenvalue weighted by molar-refractivity contribution is 9.10. The van der Waals surface area contributed by atoms with E-state index >= 15 is 0 Å². The van der Waals surface area contributed by atoms with E-state index in [4.69, 9.17) is 4.74 Å². The number of carbonyl (C=O) groups excluding carboxylic acids is 1. The van der Waals surface area contributed by atoms with E-state index in [0.29, 0.717) is 11.3 Å². The topological polar surface area (TPSA) is 26.3 Å². The van der Waals surface area contributed by atoms with E-state index in [-0.39, 0.29) is 11.9 Å². The van der Waals surface area contributed by atoms with Crippen molar-refractivity contribution in [1.29, 1.82) is 0 Å². The molecule has 0 spiro atoms. The Morgan fingerprint density at radius 3 is 2.94 bits per heavy atom. The molecule has 1 aliphatic carbocycles. The number of hydrogen-bond donors (Lipinski definition) is 0. The van der Waals surface area contributed by atoms with Gasteiger partial charge in [-0.25, -0.2) is 0 Å². The molecule has 0 radical (unpaired) electrons. The number of halogens is 1. The lowest BCUT2D eigenvalue weighted by molar-refractivity contribution is 0.101. The van der Waals surface area contributed by atoms with Crippen LogP contribution >= 0.6 is 15.9 Å². The van der Waals surface area contributed by atoms with E-state index in [1.165, 1.54) is 0 Å². The van der Waals surface area contributed by atoms with Crippen LogP contribution in [0.3, 0.4) is 0 Å². The molecule has 2 nitrogen and oxygen atoms in total. The molecule has 0 aromatic heterocycles. The van der Waals surface area contributed by atoms with E-state index in [2.05, 4.69) is 28.1 Å². The van der Waals surface area contributed by atoms with Crippen LogP contribution < -0.4 is 4.74 Å². The van der Waals surface area contributed by atoms with Gasteiger partial charge in [0.1, 0.15) is 11.9 Å². The minimum Gasteiger partial charge on any atom is -0.486 e. The van der Waals surface area contributed by atoms with Crippen molar-refractivity contribution in [3.8, 4) is 5.75 Å². The number of allylic oxidation sites excluding steroid dienone is 1. The summed E-state index contributed by atoms with van der Waals surface area (Å²) in [4.78, 5) is 11.5. The maximum atomic E-state index is 11.5. The largest absolute Gasteiger partial charge is 0.486 e. The smallest absolute Gasteiger partial charge is 0.163 e. The average molecular weight is 295 g/mol. The molecule has 0 amide bonds. The number of benzene rings is 1. The summed E-state index contributed by atoms with van der Waals surface area (Å²) < 4.78 is 6.77. The fourth-order valence-electron chi connectivity index (χ4n) is 1.92. The van der Waals surface area contributed by atoms with Crippen LogP contribution in [0.15, 0.2) is 34.8 Å². The van der Waals surface area contributed by atoms with Gasteiger partial charge in [0.05, 0.1) is 5.56 Å². The first-order valence-electron chi connectivity index (χ1n) is 5.80. The van der Waals surface area contributed by atoms with Crippen molar-refractivity contribution in [3.63, 3.8) is 0 Å². The molecule has 0 heterocycles. The fraction of sp³-hybridized carbons (Fsp3) is 0.357.